The molecule has 4 unspecified atom stereocenters. The first kappa shape index (κ1) is 34.6. The maximum Gasteiger partial charge on any atom is 0.326 e. The summed E-state index contributed by atoms with van der Waals surface area (Å²) in [4.78, 5) is 65.9. The first-order valence-corrected chi connectivity index (χ1v) is 13.1. The molecule has 0 saturated carbocycles. The van der Waals surface area contributed by atoms with Crippen LogP contribution in [0.2, 0.25) is 0 Å². The second-order valence-electron chi connectivity index (χ2n) is 10.0. The smallest absolute Gasteiger partial charge is 0.326 e. The van der Waals surface area contributed by atoms with Gasteiger partial charge >= 0.3 is 11.9 Å². The maximum atomic E-state index is 13.3. The number of guanidine groups is 1. The summed E-state index contributed by atoms with van der Waals surface area (Å²) in [7, 11) is 0. The van der Waals surface area contributed by atoms with Gasteiger partial charge in [-0.15, -0.1) is 0 Å². The second kappa shape index (κ2) is 17.3. The molecule has 4 atom stereocenters. The highest BCUT2D eigenvalue weighted by atomic mass is 16.4. The zero-order valence-electron chi connectivity index (χ0n) is 23.2. The first-order chi connectivity index (χ1) is 19.2. The van der Waals surface area contributed by atoms with Crippen molar-refractivity contribution in [1.29, 1.82) is 0 Å². The van der Waals surface area contributed by atoms with Crippen molar-refractivity contribution >= 4 is 35.6 Å². The Balaban J connectivity index is 3.12. The number of nitrogens with one attached hydrogen (secondary N) is 3. The lowest BCUT2D eigenvalue weighted by Gasteiger charge is -2.25. The number of aromatic hydroxyl groups is 1. The van der Waals surface area contributed by atoms with Crippen LogP contribution in [0.15, 0.2) is 29.3 Å². The van der Waals surface area contributed by atoms with Crippen LogP contribution in [0.5, 0.6) is 5.75 Å². The van der Waals surface area contributed by atoms with E-state index in [9.17, 15) is 34.2 Å². The molecule has 1 aromatic carbocycles. The highest BCUT2D eigenvalue weighted by Gasteiger charge is 2.31. The minimum atomic E-state index is -1.36. The Kier molecular flexibility index (Phi) is 14.6. The summed E-state index contributed by atoms with van der Waals surface area (Å²) in [6, 6.07) is 0.895. The highest BCUT2D eigenvalue weighted by Crippen LogP contribution is 2.13. The first-order valence-electron chi connectivity index (χ1n) is 13.1. The zero-order valence-corrected chi connectivity index (χ0v) is 23.2. The number of phenolic OH excluding ortho intramolecular Hbond substituents is 1. The van der Waals surface area contributed by atoms with Crippen molar-refractivity contribution in [1.82, 2.24) is 16.0 Å². The third-order valence-electron chi connectivity index (χ3n) is 5.92. The molecule has 3 amide bonds. The molecule has 0 aliphatic rings. The number of hydrogen-bond donors (Lipinski definition) is 9. The fourth-order valence-corrected chi connectivity index (χ4v) is 3.78. The number of carbonyl (C=O) groups excluding carboxylic acids is 3. The molecule has 0 radical (unpaired) electrons. The van der Waals surface area contributed by atoms with Crippen LogP contribution in [0.3, 0.4) is 0 Å². The molecule has 0 aliphatic heterocycles. The standard InChI is InChI=1S/C26H41N7O8/c1-14(2)12-20(25(40)41)33-24(39)19(13-15-5-7-16(34)8-6-15)32-23(38)18(9-10-21(35)36)31-22(37)17(27)4-3-11-30-26(28)29/h5-8,14,17-20,34H,3-4,9-13,27H2,1-2H3,(H,31,37)(H,32,38)(H,33,39)(H,35,36)(H,40,41)(H4,28,29,30). The predicted molar refractivity (Wildman–Crippen MR) is 149 cm³/mol. The number of carboxylic acid groups (broad SMARTS) is 2. The van der Waals surface area contributed by atoms with E-state index in [4.69, 9.17) is 22.3 Å². The Morgan fingerprint density at radius 1 is 0.854 bits per heavy atom. The summed E-state index contributed by atoms with van der Waals surface area (Å²) < 4.78 is 0. The minimum absolute atomic E-state index is 0.0206. The molecule has 0 heterocycles. The number of aliphatic carboxylic acids is 2. The molecule has 0 saturated heterocycles. The number of carbonyl (C=O) groups is 5. The van der Waals surface area contributed by atoms with Crippen molar-refractivity contribution in [2.45, 2.75) is 76.5 Å². The Labute approximate surface area is 237 Å². The van der Waals surface area contributed by atoms with Gasteiger partial charge in [0, 0.05) is 19.4 Å². The van der Waals surface area contributed by atoms with Gasteiger partial charge in [0.05, 0.1) is 6.04 Å². The van der Waals surface area contributed by atoms with Crippen molar-refractivity contribution < 1.29 is 39.3 Å². The molecular weight excluding hydrogens is 538 g/mol. The number of carboxylic acids is 2. The summed E-state index contributed by atoms with van der Waals surface area (Å²) in [5, 5.41) is 35.7. The molecule has 228 valence electrons. The molecule has 15 heteroatoms. The van der Waals surface area contributed by atoms with E-state index < -0.39 is 60.2 Å². The lowest BCUT2D eigenvalue weighted by Crippen LogP contribution is -2.57. The third-order valence-corrected chi connectivity index (χ3v) is 5.92. The number of amides is 3. The molecule has 15 nitrogen and oxygen atoms in total. The number of benzene rings is 1. The molecule has 12 N–H and O–H groups in total. The van der Waals surface area contributed by atoms with E-state index in [1.54, 1.807) is 13.8 Å². The molecular formula is C26H41N7O8. The fourth-order valence-electron chi connectivity index (χ4n) is 3.78. The van der Waals surface area contributed by atoms with Gasteiger partial charge in [0.15, 0.2) is 5.96 Å². The molecule has 1 aromatic rings. The van der Waals surface area contributed by atoms with Crippen LogP contribution >= 0.6 is 0 Å². The summed E-state index contributed by atoms with van der Waals surface area (Å²) in [6.07, 6.45) is -0.174. The van der Waals surface area contributed by atoms with Crippen LogP contribution in [0.4, 0.5) is 0 Å². The van der Waals surface area contributed by atoms with Gasteiger partial charge in [-0.2, -0.15) is 0 Å². The molecule has 0 bridgehead atoms. The van der Waals surface area contributed by atoms with Gasteiger partial charge in [-0.05, 0) is 49.3 Å². The predicted octanol–water partition coefficient (Wildman–Crippen LogP) is -1.23. The number of nitrogens with zero attached hydrogens (tertiary/aromatic N) is 1. The van der Waals surface area contributed by atoms with Crippen molar-refractivity contribution in [2.24, 2.45) is 28.1 Å². The topological polar surface area (TPSA) is 273 Å². The van der Waals surface area contributed by atoms with Crippen LogP contribution in [-0.4, -0.2) is 81.7 Å². The summed E-state index contributed by atoms with van der Waals surface area (Å²) >= 11 is 0. The third kappa shape index (κ3) is 14.0. The average molecular weight is 580 g/mol. The van der Waals surface area contributed by atoms with Gasteiger partial charge in [0.1, 0.15) is 23.9 Å². The summed E-state index contributed by atoms with van der Waals surface area (Å²) in [6.45, 7) is 3.81. The molecule has 41 heavy (non-hydrogen) atoms. The van der Waals surface area contributed by atoms with Crippen molar-refractivity contribution in [3.05, 3.63) is 29.8 Å². The summed E-state index contributed by atoms with van der Waals surface area (Å²) in [5.41, 5.74) is 17.0. The number of aliphatic imine (C=N–C) groups is 1. The van der Waals surface area contributed by atoms with E-state index in [2.05, 4.69) is 20.9 Å². The lowest BCUT2D eigenvalue weighted by molar-refractivity contribution is -0.142. The Morgan fingerprint density at radius 3 is 1.95 bits per heavy atom. The van der Waals surface area contributed by atoms with E-state index in [1.165, 1.54) is 24.3 Å². The van der Waals surface area contributed by atoms with Crippen LogP contribution in [0.25, 0.3) is 0 Å². The molecule has 1 rings (SSSR count). The SMILES string of the molecule is CC(C)CC(NC(=O)C(Cc1ccc(O)cc1)NC(=O)C(CCC(=O)O)NC(=O)C(N)CCCN=C(N)N)C(=O)O. The Bertz CT molecular complexity index is 1070. The van der Waals surface area contributed by atoms with Crippen LogP contribution in [0, 0.1) is 5.92 Å². The second-order valence-corrected chi connectivity index (χ2v) is 10.0. The quantitative estimate of drug-likeness (QED) is 0.0564. The van der Waals surface area contributed by atoms with E-state index in [-0.39, 0.29) is 49.9 Å². The van der Waals surface area contributed by atoms with Gasteiger partial charge in [0.25, 0.3) is 0 Å². The van der Waals surface area contributed by atoms with Gasteiger partial charge in [-0.1, -0.05) is 26.0 Å². The van der Waals surface area contributed by atoms with Crippen LogP contribution in [0.1, 0.15) is 51.5 Å². The van der Waals surface area contributed by atoms with Gasteiger partial charge in [-0.3, -0.25) is 24.2 Å². The Morgan fingerprint density at radius 2 is 1.41 bits per heavy atom. The minimum Gasteiger partial charge on any atom is -0.508 e. The van der Waals surface area contributed by atoms with Crippen LogP contribution < -0.4 is 33.2 Å². The van der Waals surface area contributed by atoms with Crippen molar-refractivity contribution in [3.8, 4) is 5.75 Å². The average Bonchev–Trinajstić information content (AvgIpc) is 2.88. The van der Waals surface area contributed by atoms with Crippen LogP contribution in [-0.2, 0) is 30.4 Å². The Hall–Kier alpha value is -4.40. The number of rotatable bonds is 18. The maximum absolute atomic E-state index is 13.3. The number of phenols is 1. The lowest BCUT2D eigenvalue weighted by atomic mass is 10.0. The highest BCUT2D eigenvalue weighted by molar-refractivity contribution is 5.94. The van der Waals surface area contributed by atoms with E-state index in [0.29, 0.717) is 12.0 Å². The monoisotopic (exact) mass is 579 g/mol. The molecule has 0 aliphatic carbocycles. The molecule has 0 spiro atoms. The van der Waals surface area contributed by atoms with Gasteiger partial charge < -0.3 is 48.5 Å². The van der Waals surface area contributed by atoms with Crippen molar-refractivity contribution in [3.63, 3.8) is 0 Å². The van der Waals surface area contributed by atoms with Gasteiger partial charge in [-0.25, -0.2) is 4.79 Å². The van der Waals surface area contributed by atoms with E-state index in [0.717, 1.165) is 0 Å². The normalized spacial score (nSPS) is 13.8. The number of hydrogen-bond acceptors (Lipinski definition) is 8. The fraction of sp³-hybridized carbons (Fsp3) is 0.538. The van der Waals surface area contributed by atoms with Crippen molar-refractivity contribution in [2.75, 3.05) is 6.54 Å². The molecule has 0 aromatic heterocycles. The van der Waals surface area contributed by atoms with E-state index >= 15 is 0 Å². The molecule has 0 fully saturated rings. The zero-order chi connectivity index (χ0) is 31.1. The largest absolute Gasteiger partial charge is 0.508 e. The number of nitrogens with two attached hydrogens (primary N) is 3. The van der Waals surface area contributed by atoms with E-state index in [1.807, 2.05) is 0 Å². The summed E-state index contributed by atoms with van der Waals surface area (Å²) in [5.74, 6) is -5.02. The van der Waals surface area contributed by atoms with Gasteiger partial charge in [0.2, 0.25) is 17.7 Å².